The lowest BCUT2D eigenvalue weighted by Gasteiger charge is -2.10. The molecule has 90 valence electrons. The average molecular weight is 378 g/mol. The summed E-state index contributed by atoms with van der Waals surface area (Å²) in [5.41, 5.74) is 0.209. The van der Waals surface area contributed by atoms with Crippen LogP contribution in [0, 0.1) is 9.39 Å². The summed E-state index contributed by atoms with van der Waals surface area (Å²) in [6, 6.07) is 2.49. The fraction of sp³-hybridized carbons (Fsp3) is 0.333. The third-order valence-corrected chi connectivity index (χ3v) is 5.02. The van der Waals surface area contributed by atoms with Crippen molar-refractivity contribution in [2.75, 3.05) is 10.5 Å². The Labute approximate surface area is 113 Å². The third kappa shape index (κ3) is 3.46. The molecule has 0 amide bonds. The smallest absolute Gasteiger partial charge is 0.232 e. The molecule has 0 saturated carbocycles. The van der Waals surface area contributed by atoms with E-state index in [0.29, 0.717) is 6.42 Å². The highest BCUT2D eigenvalue weighted by molar-refractivity contribution is 14.1. The van der Waals surface area contributed by atoms with Gasteiger partial charge < -0.3 is 0 Å². The molecule has 7 heteroatoms. The van der Waals surface area contributed by atoms with E-state index < -0.39 is 15.8 Å². The molecule has 0 aliphatic heterocycles. The van der Waals surface area contributed by atoms with Crippen molar-refractivity contribution in [3.05, 3.63) is 26.5 Å². The van der Waals surface area contributed by atoms with Crippen LogP contribution in [-0.2, 0) is 10.0 Å². The largest absolute Gasteiger partial charge is 0.282 e. The van der Waals surface area contributed by atoms with E-state index in [9.17, 15) is 12.8 Å². The molecule has 3 nitrogen and oxygen atoms in total. The van der Waals surface area contributed by atoms with E-state index in [-0.39, 0.29) is 20.0 Å². The van der Waals surface area contributed by atoms with Crippen molar-refractivity contribution in [2.45, 2.75) is 13.3 Å². The number of hydrogen-bond donors (Lipinski definition) is 1. The zero-order valence-corrected chi connectivity index (χ0v) is 12.2. The van der Waals surface area contributed by atoms with E-state index in [1.807, 2.05) is 0 Å². The van der Waals surface area contributed by atoms with E-state index in [2.05, 4.69) is 4.72 Å². The summed E-state index contributed by atoms with van der Waals surface area (Å²) in [6.45, 7) is 1.76. The maximum atomic E-state index is 13.1. The lowest BCUT2D eigenvalue weighted by molar-refractivity contribution is 0.599. The van der Waals surface area contributed by atoms with Gasteiger partial charge in [-0.05, 0) is 41.1 Å². The van der Waals surface area contributed by atoms with Crippen molar-refractivity contribution in [1.29, 1.82) is 0 Å². The zero-order valence-electron chi connectivity index (χ0n) is 8.43. The molecule has 0 saturated heterocycles. The number of rotatable bonds is 4. The molecule has 0 aliphatic carbocycles. The van der Waals surface area contributed by atoms with Crippen LogP contribution in [0.5, 0.6) is 0 Å². The molecule has 0 atom stereocenters. The van der Waals surface area contributed by atoms with Crippen LogP contribution in [0.3, 0.4) is 0 Å². The van der Waals surface area contributed by atoms with Crippen LogP contribution in [0.4, 0.5) is 10.1 Å². The average Bonchev–Trinajstić information content (AvgIpc) is 2.19. The van der Waals surface area contributed by atoms with Gasteiger partial charge in [0.2, 0.25) is 10.0 Å². The quantitative estimate of drug-likeness (QED) is 0.647. The Bertz CT molecular complexity index is 493. The molecule has 1 N–H and O–H groups in total. The monoisotopic (exact) mass is 377 g/mol. The van der Waals surface area contributed by atoms with E-state index >= 15 is 0 Å². The number of halogens is 3. The highest BCUT2D eigenvalue weighted by Gasteiger charge is 2.14. The normalized spacial score (nSPS) is 11.5. The topological polar surface area (TPSA) is 46.2 Å². The molecule has 1 aromatic carbocycles. The number of benzene rings is 1. The van der Waals surface area contributed by atoms with Crippen molar-refractivity contribution in [2.24, 2.45) is 0 Å². The van der Waals surface area contributed by atoms with Crippen LogP contribution < -0.4 is 4.72 Å². The van der Waals surface area contributed by atoms with E-state index in [4.69, 9.17) is 11.6 Å². The Hall–Kier alpha value is -0.0800. The minimum atomic E-state index is -3.40. The van der Waals surface area contributed by atoms with Gasteiger partial charge in [-0.25, -0.2) is 12.8 Å². The molecule has 0 radical (unpaired) electrons. The molecule has 0 aromatic heterocycles. The van der Waals surface area contributed by atoms with Crippen LogP contribution in [-0.4, -0.2) is 14.2 Å². The lowest BCUT2D eigenvalue weighted by Crippen LogP contribution is -2.16. The van der Waals surface area contributed by atoms with Gasteiger partial charge in [0.25, 0.3) is 0 Å². The molecule has 1 aromatic rings. The van der Waals surface area contributed by atoms with Gasteiger partial charge in [-0.1, -0.05) is 18.5 Å². The first-order valence-electron chi connectivity index (χ1n) is 4.51. The summed E-state index contributed by atoms with van der Waals surface area (Å²) in [7, 11) is -3.40. The molecule has 16 heavy (non-hydrogen) atoms. The van der Waals surface area contributed by atoms with Crippen molar-refractivity contribution in [1.82, 2.24) is 0 Å². The van der Waals surface area contributed by atoms with E-state index in [1.54, 1.807) is 29.5 Å². The van der Waals surface area contributed by atoms with Crippen LogP contribution in [0.15, 0.2) is 12.1 Å². The highest BCUT2D eigenvalue weighted by Crippen LogP contribution is 2.30. The first-order valence-corrected chi connectivity index (χ1v) is 7.62. The van der Waals surface area contributed by atoms with Gasteiger partial charge >= 0.3 is 0 Å². The second-order valence-electron chi connectivity index (χ2n) is 3.14. The van der Waals surface area contributed by atoms with Crippen LogP contribution in [0.1, 0.15) is 13.3 Å². The molecular formula is C9H10ClFINO2S. The molecule has 0 heterocycles. The summed E-state index contributed by atoms with van der Waals surface area (Å²) in [5, 5.41) is 0.0836. The molecule has 0 bridgehead atoms. The minimum absolute atomic E-state index is 0.0112. The van der Waals surface area contributed by atoms with Gasteiger partial charge in [0.15, 0.2) is 0 Å². The number of anilines is 1. The maximum absolute atomic E-state index is 13.1. The first-order chi connectivity index (χ1) is 7.37. The third-order valence-electron chi connectivity index (χ3n) is 1.77. The van der Waals surface area contributed by atoms with E-state index in [0.717, 1.165) is 0 Å². The van der Waals surface area contributed by atoms with Crippen molar-refractivity contribution in [3.8, 4) is 0 Å². The summed E-state index contributed by atoms with van der Waals surface area (Å²) in [4.78, 5) is 0. The second-order valence-corrected chi connectivity index (χ2v) is 6.44. The molecule has 0 aliphatic rings. The molecule has 0 fully saturated rings. The zero-order chi connectivity index (χ0) is 12.3. The molecule has 0 spiro atoms. The van der Waals surface area contributed by atoms with E-state index in [1.165, 1.54) is 12.1 Å². The van der Waals surface area contributed by atoms with Crippen molar-refractivity contribution < 1.29 is 12.8 Å². The summed E-state index contributed by atoms with van der Waals surface area (Å²) >= 11 is 7.56. The Morgan fingerprint density at radius 2 is 2.12 bits per heavy atom. The Morgan fingerprint density at radius 1 is 1.50 bits per heavy atom. The first kappa shape index (κ1) is 14.0. The van der Waals surface area contributed by atoms with Gasteiger partial charge in [0.1, 0.15) is 5.82 Å². The maximum Gasteiger partial charge on any atom is 0.232 e. The van der Waals surface area contributed by atoms with Gasteiger partial charge in [-0.15, -0.1) is 0 Å². The standard InChI is InChI=1S/C9H10ClFINO2S/c1-2-5-16(14,15)13-7-4-3-6(11)9(12)8(7)10/h3-4,13H,2,5H2,1H3. The molecular weight excluding hydrogens is 368 g/mol. The lowest BCUT2D eigenvalue weighted by atomic mass is 10.3. The van der Waals surface area contributed by atoms with Crippen LogP contribution in [0.2, 0.25) is 5.02 Å². The Morgan fingerprint density at radius 3 is 2.69 bits per heavy atom. The number of nitrogens with one attached hydrogen (secondary N) is 1. The fourth-order valence-corrected chi connectivity index (χ4v) is 2.96. The predicted octanol–water partition coefficient (Wildman–Crippen LogP) is 3.24. The second kappa shape index (κ2) is 5.50. The molecule has 1 rings (SSSR count). The number of hydrogen-bond acceptors (Lipinski definition) is 2. The van der Waals surface area contributed by atoms with Gasteiger partial charge in [0.05, 0.1) is 20.0 Å². The summed E-state index contributed by atoms with van der Waals surface area (Å²) in [6.07, 6.45) is 0.505. The van der Waals surface area contributed by atoms with Gasteiger partial charge in [0, 0.05) is 0 Å². The Kier molecular flexibility index (Phi) is 4.81. The van der Waals surface area contributed by atoms with Crippen LogP contribution in [0.25, 0.3) is 0 Å². The SMILES string of the molecule is CCCS(=O)(=O)Nc1ccc(F)c(I)c1Cl. The molecule has 0 unspecified atom stereocenters. The Balaban J connectivity index is 3.04. The number of sulfonamides is 1. The summed E-state index contributed by atoms with van der Waals surface area (Å²) in [5.74, 6) is -0.457. The van der Waals surface area contributed by atoms with Gasteiger partial charge in [-0.2, -0.15) is 0 Å². The van der Waals surface area contributed by atoms with Crippen molar-refractivity contribution >= 4 is 49.9 Å². The van der Waals surface area contributed by atoms with Gasteiger partial charge in [-0.3, -0.25) is 4.72 Å². The predicted molar refractivity (Wildman–Crippen MR) is 71.8 cm³/mol. The minimum Gasteiger partial charge on any atom is -0.282 e. The van der Waals surface area contributed by atoms with Crippen LogP contribution >= 0.6 is 34.2 Å². The summed E-state index contributed by atoms with van der Waals surface area (Å²) < 4.78 is 38.6. The van der Waals surface area contributed by atoms with Crippen molar-refractivity contribution in [3.63, 3.8) is 0 Å². The highest BCUT2D eigenvalue weighted by atomic mass is 127. The fourth-order valence-electron chi connectivity index (χ4n) is 1.09.